The summed E-state index contributed by atoms with van der Waals surface area (Å²) in [5, 5.41) is 10.9. The first kappa shape index (κ1) is 14.5. The Labute approximate surface area is 117 Å². The van der Waals surface area contributed by atoms with E-state index in [4.69, 9.17) is 5.73 Å². The van der Waals surface area contributed by atoms with E-state index in [0.29, 0.717) is 30.1 Å². The van der Waals surface area contributed by atoms with Gasteiger partial charge in [-0.1, -0.05) is 6.07 Å². The molecule has 2 rings (SSSR count). The molecule has 1 aromatic rings. The second-order valence-electron chi connectivity index (χ2n) is 5.40. The number of nitro groups is 1. The van der Waals surface area contributed by atoms with E-state index in [2.05, 4.69) is 0 Å². The standard InChI is InChI=1S/C14H19N3O3/c1-9-3-4-12(6-13(9)17(19)20)14(18)16-8-11(7-15)5-10(16)2/h3-4,6,10-11H,5,7-8,15H2,1-2H3. The van der Waals surface area contributed by atoms with Crippen LogP contribution in [0.1, 0.15) is 29.3 Å². The van der Waals surface area contributed by atoms with Gasteiger partial charge in [-0.3, -0.25) is 14.9 Å². The maximum Gasteiger partial charge on any atom is 0.273 e. The smallest absolute Gasteiger partial charge is 0.273 e. The average molecular weight is 277 g/mol. The van der Waals surface area contributed by atoms with Crippen LogP contribution < -0.4 is 5.73 Å². The second kappa shape index (κ2) is 5.58. The van der Waals surface area contributed by atoms with E-state index in [9.17, 15) is 14.9 Å². The van der Waals surface area contributed by atoms with Gasteiger partial charge in [0.25, 0.3) is 11.6 Å². The van der Waals surface area contributed by atoms with E-state index in [-0.39, 0.29) is 17.6 Å². The second-order valence-corrected chi connectivity index (χ2v) is 5.40. The molecule has 6 nitrogen and oxygen atoms in total. The van der Waals surface area contributed by atoms with Gasteiger partial charge in [-0.2, -0.15) is 0 Å². The lowest BCUT2D eigenvalue weighted by molar-refractivity contribution is -0.385. The van der Waals surface area contributed by atoms with Gasteiger partial charge in [0.1, 0.15) is 0 Å². The number of hydrogen-bond acceptors (Lipinski definition) is 4. The quantitative estimate of drug-likeness (QED) is 0.672. The lowest BCUT2D eigenvalue weighted by atomic mass is 10.1. The van der Waals surface area contributed by atoms with Crippen molar-refractivity contribution in [2.75, 3.05) is 13.1 Å². The van der Waals surface area contributed by atoms with E-state index in [1.54, 1.807) is 24.0 Å². The minimum Gasteiger partial charge on any atom is -0.336 e. The van der Waals surface area contributed by atoms with Crippen LogP contribution in [0.2, 0.25) is 0 Å². The van der Waals surface area contributed by atoms with Crippen molar-refractivity contribution >= 4 is 11.6 Å². The molecule has 2 atom stereocenters. The lowest BCUT2D eigenvalue weighted by Crippen LogP contribution is -2.34. The van der Waals surface area contributed by atoms with Crippen LogP contribution in [-0.4, -0.2) is 34.9 Å². The lowest BCUT2D eigenvalue weighted by Gasteiger charge is -2.21. The number of rotatable bonds is 3. The van der Waals surface area contributed by atoms with Crippen LogP contribution >= 0.6 is 0 Å². The number of carbonyl (C=O) groups is 1. The molecule has 1 saturated heterocycles. The predicted octanol–water partition coefficient (Wildman–Crippen LogP) is 1.71. The number of hydrogen-bond donors (Lipinski definition) is 1. The fourth-order valence-corrected chi connectivity index (χ4v) is 2.70. The number of amides is 1. The van der Waals surface area contributed by atoms with Crippen molar-refractivity contribution in [2.45, 2.75) is 26.3 Å². The third-order valence-electron chi connectivity index (χ3n) is 3.91. The van der Waals surface area contributed by atoms with Crippen molar-refractivity contribution in [3.05, 3.63) is 39.4 Å². The summed E-state index contributed by atoms with van der Waals surface area (Å²) in [6.07, 6.45) is 0.885. The highest BCUT2D eigenvalue weighted by Gasteiger charge is 2.32. The Balaban J connectivity index is 2.26. The summed E-state index contributed by atoms with van der Waals surface area (Å²) in [7, 11) is 0. The van der Waals surface area contributed by atoms with Gasteiger partial charge >= 0.3 is 0 Å². The topological polar surface area (TPSA) is 89.5 Å². The summed E-state index contributed by atoms with van der Waals surface area (Å²) in [4.78, 5) is 24.7. The summed E-state index contributed by atoms with van der Waals surface area (Å²) in [6.45, 7) is 4.83. The van der Waals surface area contributed by atoms with Crippen molar-refractivity contribution in [1.82, 2.24) is 4.90 Å². The maximum atomic E-state index is 12.5. The van der Waals surface area contributed by atoms with Crippen LogP contribution in [0.3, 0.4) is 0 Å². The van der Waals surface area contributed by atoms with Crippen LogP contribution in [0.5, 0.6) is 0 Å². The molecule has 0 aromatic heterocycles. The van der Waals surface area contributed by atoms with E-state index in [0.717, 1.165) is 6.42 Å². The monoisotopic (exact) mass is 277 g/mol. The highest BCUT2D eigenvalue weighted by molar-refractivity contribution is 5.95. The van der Waals surface area contributed by atoms with Gasteiger partial charge in [-0.05, 0) is 38.8 Å². The number of nitrogens with zero attached hydrogens (tertiary/aromatic N) is 2. The molecule has 0 aliphatic carbocycles. The molecule has 0 radical (unpaired) electrons. The van der Waals surface area contributed by atoms with E-state index >= 15 is 0 Å². The first-order chi connectivity index (χ1) is 9.43. The molecule has 2 N–H and O–H groups in total. The summed E-state index contributed by atoms with van der Waals surface area (Å²) in [5.74, 6) is 0.158. The van der Waals surface area contributed by atoms with Crippen molar-refractivity contribution in [3.8, 4) is 0 Å². The Hall–Kier alpha value is -1.95. The maximum absolute atomic E-state index is 12.5. The third kappa shape index (κ3) is 2.65. The zero-order chi connectivity index (χ0) is 14.9. The molecular weight excluding hydrogens is 258 g/mol. The first-order valence-electron chi connectivity index (χ1n) is 6.70. The van der Waals surface area contributed by atoms with Gasteiger partial charge in [0, 0.05) is 29.8 Å². The Bertz CT molecular complexity index is 544. The Morgan fingerprint density at radius 3 is 2.80 bits per heavy atom. The largest absolute Gasteiger partial charge is 0.336 e. The number of benzene rings is 1. The molecule has 0 saturated carbocycles. The molecule has 0 bridgehead atoms. The molecule has 0 spiro atoms. The zero-order valence-corrected chi connectivity index (χ0v) is 11.7. The predicted molar refractivity (Wildman–Crippen MR) is 75.5 cm³/mol. The normalized spacial score (nSPS) is 22.1. The molecular formula is C14H19N3O3. The average Bonchev–Trinajstić information content (AvgIpc) is 2.79. The van der Waals surface area contributed by atoms with Crippen molar-refractivity contribution < 1.29 is 9.72 Å². The highest BCUT2D eigenvalue weighted by atomic mass is 16.6. The molecule has 1 aromatic carbocycles. The van der Waals surface area contributed by atoms with Gasteiger partial charge < -0.3 is 10.6 Å². The van der Waals surface area contributed by atoms with Crippen molar-refractivity contribution in [3.63, 3.8) is 0 Å². The van der Waals surface area contributed by atoms with Crippen LogP contribution in [0, 0.1) is 23.0 Å². The fraction of sp³-hybridized carbons (Fsp3) is 0.500. The number of aryl methyl sites for hydroxylation is 1. The van der Waals surface area contributed by atoms with Gasteiger partial charge in [-0.15, -0.1) is 0 Å². The van der Waals surface area contributed by atoms with Gasteiger partial charge in [0.05, 0.1) is 4.92 Å². The fourth-order valence-electron chi connectivity index (χ4n) is 2.70. The van der Waals surface area contributed by atoms with Crippen LogP contribution in [0.4, 0.5) is 5.69 Å². The molecule has 1 heterocycles. The van der Waals surface area contributed by atoms with E-state index in [1.807, 2.05) is 6.92 Å². The molecule has 1 amide bonds. The first-order valence-corrected chi connectivity index (χ1v) is 6.70. The number of carbonyl (C=O) groups excluding carboxylic acids is 1. The Morgan fingerprint density at radius 2 is 2.25 bits per heavy atom. The summed E-state index contributed by atoms with van der Waals surface area (Å²) in [6, 6.07) is 4.75. The Kier molecular flexibility index (Phi) is 4.04. The Morgan fingerprint density at radius 1 is 1.55 bits per heavy atom. The van der Waals surface area contributed by atoms with Crippen molar-refractivity contribution in [1.29, 1.82) is 0 Å². The van der Waals surface area contributed by atoms with Crippen LogP contribution in [-0.2, 0) is 0 Å². The molecule has 2 unspecified atom stereocenters. The van der Waals surface area contributed by atoms with Crippen LogP contribution in [0.25, 0.3) is 0 Å². The molecule has 1 aliphatic heterocycles. The summed E-state index contributed by atoms with van der Waals surface area (Å²) < 4.78 is 0. The minimum atomic E-state index is -0.456. The van der Waals surface area contributed by atoms with E-state index < -0.39 is 4.92 Å². The molecule has 1 aliphatic rings. The molecule has 1 fully saturated rings. The molecule has 20 heavy (non-hydrogen) atoms. The van der Waals surface area contributed by atoms with E-state index in [1.165, 1.54) is 6.07 Å². The van der Waals surface area contributed by atoms with Gasteiger partial charge in [0.2, 0.25) is 0 Å². The highest BCUT2D eigenvalue weighted by Crippen LogP contribution is 2.26. The number of likely N-dealkylation sites (tertiary alicyclic amines) is 1. The SMILES string of the molecule is Cc1ccc(C(=O)N2CC(CN)CC2C)cc1[N+](=O)[O-]. The van der Waals surface area contributed by atoms with Crippen LogP contribution in [0.15, 0.2) is 18.2 Å². The van der Waals surface area contributed by atoms with Gasteiger partial charge in [0.15, 0.2) is 0 Å². The van der Waals surface area contributed by atoms with Gasteiger partial charge in [-0.25, -0.2) is 0 Å². The summed E-state index contributed by atoms with van der Waals surface area (Å²) >= 11 is 0. The minimum absolute atomic E-state index is 0.0157. The number of nitro benzene ring substituents is 1. The zero-order valence-electron chi connectivity index (χ0n) is 11.7. The van der Waals surface area contributed by atoms with Crippen molar-refractivity contribution in [2.24, 2.45) is 11.7 Å². The molecule has 6 heteroatoms. The molecule has 108 valence electrons. The third-order valence-corrected chi connectivity index (χ3v) is 3.91. The number of nitrogens with two attached hydrogens (primary N) is 1. The summed E-state index contributed by atoms with van der Waals surface area (Å²) in [5.41, 5.74) is 6.56.